The number of fused-ring (bicyclic) bond motifs is 1. The first-order chi connectivity index (χ1) is 12.4. The number of aromatic nitrogens is 4. The quantitative estimate of drug-likeness (QED) is 0.735. The zero-order valence-electron chi connectivity index (χ0n) is 14.0. The molecule has 6 heteroatoms. The van der Waals surface area contributed by atoms with Gasteiger partial charge < -0.3 is 9.80 Å². The number of rotatable bonds is 3. The van der Waals surface area contributed by atoms with Crippen molar-refractivity contribution < 1.29 is 0 Å². The Kier molecular flexibility index (Phi) is 3.47. The molecule has 1 saturated heterocycles. The van der Waals surface area contributed by atoms with E-state index in [1.54, 1.807) is 0 Å². The fourth-order valence-corrected chi connectivity index (χ4v) is 3.49. The molecule has 0 amide bonds. The van der Waals surface area contributed by atoms with E-state index in [1.807, 2.05) is 12.3 Å². The lowest BCUT2D eigenvalue weighted by Crippen LogP contribution is -2.47. The maximum absolute atomic E-state index is 4.44. The molecule has 2 aromatic heterocycles. The number of hydrogen-bond acceptors (Lipinski definition) is 6. The summed E-state index contributed by atoms with van der Waals surface area (Å²) >= 11 is 0. The van der Waals surface area contributed by atoms with Crippen LogP contribution in [-0.2, 0) is 0 Å². The van der Waals surface area contributed by atoms with Crippen LogP contribution < -0.4 is 9.80 Å². The molecule has 1 aromatic carbocycles. The summed E-state index contributed by atoms with van der Waals surface area (Å²) in [7, 11) is 0. The summed E-state index contributed by atoms with van der Waals surface area (Å²) in [5, 5.41) is 19.7. The second-order valence-corrected chi connectivity index (χ2v) is 6.82. The van der Waals surface area contributed by atoms with Crippen LogP contribution in [0.15, 0.2) is 42.6 Å². The van der Waals surface area contributed by atoms with Crippen molar-refractivity contribution in [2.24, 2.45) is 0 Å². The molecule has 2 aliphatic rings. The number of nitrogens with zero attached hydrogens (tertiary/aromatic N) is 6. The van der Waals surface area contributed by atoms with Crippen LogP contribution in [0, 0.1) is 0 Å². The maximum Gasteiger partial charge on any atom is 0.159 e. The Morgan fingerprint density at radius 1 is 0.800 bits per heavy atom. The topological polar surface area (TPSA) is 58.0 Å². The highest BCUT2D eigenvalue weighted by molar-refractivity contribution is 5.91. The first-order valence-electron chi connectivity index (χ1n) is 8.92. The summed E-state index contributed by atoms with van der Waals surface area (Å²) in [5.41, 5.74) is 1.15. The van der Waals surface area contributed by atoms with Crippen LogP contribution in [0.4, 0.5) is 11.6 Å². The van der Waals surface area contributed by atoms with Crippen molar-refractivity contribution in [2.75, 3.05) is 36.0 Å². The van der Waals surface area contributed by atoms with Crippen LogP contribution in [0.3, 0.4) is 0 Å². The lowest BCUT2D eigenvalue weighted by atomic mass is 10.1. The molecule has 2 fully saturated rings. The summed E-state index contributed by atoms with van der Waals surface area (Å²) in [6.07, 6.45) is 4.35. The van der Waals surface area contributed by atoms with Crippen molar-refractivity contribution in [3.8, 4) is 0 Å². The van der Waals surface area contributed by atoms with E-state index in [4.69, 9.17) is 0 Å². The Morgan fingerprint density at radius 2 is 1.60 bits per heavy atom. The molecule has 3 aromatic rings. The molecule has 0 unspecified atom stereocenters. The van der Waals surface area contributed by atoms with Crippen molar-refractivity contribution >= 4 is 22.4 Å². The molecule has 6 nitrogen and oxygen atoms in total. The molecule has 126 valence electrons. The van der Waals surface area contributed by atoms with Crippen LogP contribution >= 0.6 is 0 Å². The normalized spacial score (nSPS) is 17.9. The smallest absolute Gasteiger partial charge is 0.159 e. The maximum atomic E-state index is 4.44. The summed E-state index contributed by atoms with van der Waals surface area (Å²) in [5.74, 6) is 2.62. The van der Waals surface area contributed by atoms with Gasteiger partial charge in [0.1, 0.15) is 0 Å². The van der Waals surface area contributed by atoms with E-state index in [0.29, 0.717) is 5.92 Å². The zero-order chi connectivity index (χ0) is 16.6. The van der Waals surface area contributed by atoms with Gasteiger partial charge >= 0.3 is 0 Å². The van der Waals surface area contributed by atoms with Gasteiger partial charge in [0.25, 0.3) is 0 Å². The second-order valence-electron chi connectivity index (χ2n) is 6.82. The highest BCUT2D eigenvalue weighted by atomic mass is 15.3. The average molecular weight is 332 g/mol. The Bertz CT molecular complexity index is 877. The van der Waals surface area contributed by atoms with E-state index >= 15 is 0 Å². The van der Waals surface area contributed by atoms with Gasteiger partial charge in [0.15, 0.2) is 11.6 Å². The number of hydrogen-bond donors (Lipinski definition) is 0. The van der Waals surface area contributed by atoms with Gasteiger partial charge in [-0.15, -0.1) is 10.2 Å². The number of anilines is 2. The highest BCUT2D eigenvalue weighted by Gasteiger charge is 2.26. The largest absolute Gasteiger partial charge is 0.352 e. The highest BCUT2D eigenvalue weighted by Crippen LogP contribution is 2.38. The molecule has 1 saturated carbocycles. The molecular formula is C19H20N6. The summed E-state index contributed by atoms with van der Waals surface area (Å²) in [4.78, 5) is 4.62. The van der Waals surface area contributed by atoms with Gasteiger partial charge in [0.2, 0.25) is 0 Å². The molecule has 0 bridgehead atoms. The SMILES string of the molecule is c1ccc2c(N3CCN(c4ccc(C5CC5)nn4)CC3)nncc2c1. The molecule has 0 spiro atoms. The molecule has 25 heavy (non-hydrogen) atoms. The molecular weight excluding hydrogens is 312 g/mol. The predicted octanol–water partition coefficient (Wildman–Crippen LogP) is 2.62. The lowest BCUT2D eigenvalue weighted by Gasteiger charge is -2.36. The zero-order valence-corrected chi connectivity index (χ0v) is 14.0. The van der Waals surface area contributed by atoms with Gasteiger partial charge in [-0.2, -0.15) is 10.2 Å². The van der Waals surface area contributed by atoms with Crippen LogP contribution in [0.2, 0.25) is 0 Å². The van der Waals surface area contributed by atoms with E-state index in [0.717, 1.165) is 48.9 Å². The standard InChI is InChI=1S/C19H20N6/c1-2-4-16-15(3-1)13-20-23-19(16)25-11-9-24(10-12-25)18-8-7-17(21-22-18)14-5-6-14/h1-4,7-8,13-14H,5-6,9-12H2. The van der Waals surface area contributed by atoms with Crippen molar-refractivity contribution in [1.29, 1.82) is 0 Å². The van der Waals surface area contributed by atoms with Crippen LogP contribution in [0.5, 0.6) is 0 Å². The number of benzene rings is 1. The van der Waals surface area contributed by atoms with Crippen molar-refractivity contribution in [1.82, 2.24) is 20.4 Å². The molecule has 3 heterocycles. The van der Waals surface area contributed by atoms with E-state index in [-0.39, 0.29) is 0 Å². The summed E-state index contributed by atoms with van der Waals surface area (Å²) in [6, 6.07) is 12.6. The second kappa shape index (κ2) is 5.95. The number of piperazine rings is 1. The molecule has 0 atom stereocenters. The Labute approximate surface area is 146 Å². The van der Waals surface area contributed by atoms with E-state index in [1.165, 1.54) is 18.2 Å². The van der Waals surface area contributed by atoms with Gasteiger partial charge in [0.05, 0.1) is 11.9 Å². The van der Waals surface area contributed by atoms with E-state index < -0.39 is 0 Å². The third kappa shape index (κ3) is 2.77. The minimum Gasteiger partial charge on any atom is -0.352 e. The monoisotopic (exact) mass is 332 g/mol. The van der Waals surface area contributed by atoms with Crippen LogP contribution in [0.1, 0.15) is 24.5 Å². The Morgan fingerprint density at radius 3 is 2.36 bits per heavy atom. The van der Waals surface area contributed by atoms with Crippen molar-refractivity contribution in [3.05, 3.63) is 48.3 Å². The van der Waals surface area contributed by atoms with Crippen molar-refractivity contribution in [2.45, 2.75) is 18.8 Å². The summed E-state index contributed by atoms with van der Waals surface area (Å²) < 4.78 is 0. The van der Waals surface area contributed by atoms with Gasteiger partial charge in [-0.25, -0.2) is 0 Å². The first-order valence-corrected chi connectivity index (χ1v) is 8.92. The molecule has 1 aliphatic heterocycles. The fourth-order valence-electron chi connectivity index (χ4n) is 3.49. The molecule has 0 N–H and O–H groups in total. The van der Waals surface area contributed by atoms with Gasteiger partial charge in [-0.05, 0) is 25.0 Å². The Hall–Kier alpha value is -2.76. The van der Waals surface area contributed by atoms with E-state index in [9.17, 15) is 0 Å². The minimum absolute atomic E-state index is 0.656. The van der Waals surface area contributed by atoms with Gasteiger partial charge in [-0.3, -0.25) is 0 Å². The van der Waals surface area contributed by atoms with Crippen LogP contribution in [0.25, 0.3) is 10.8 Å². The third-order valence-electron chi connectivity index (χ3n) is 5.12. The lowest BCUT2D eigenvalue weighted by molar-refractivity contribution is 0.635. The summed E-state index contributed by atoms with van der Waals surface area (Å²) in [6.45, 7) is 3.66. The first kappa shape index (κ1) is 14.6. The average Bonchev–Trinajstić information content (AvgIpc) is 3.53. The van der Waals surface area contributed by atoms with Gasteiger partial charge in [-0.1, -0.05) is 24.3 Å². The van der Waals surface area contributed by atoms with Gasteiger partial charge in [0, 0.05) is 42.9 Å². The molecule has 5 rings (SSSR count). The van der Waals surface area contributed by atoms with E-state index in [2.05, 4.69) is 60.5 Å². The van der Waals surface area contributed by atoms with Crippen LogP contribution in [-0.4, -0.2) is 46.6 Å². The third-order valence-corrected chi connectivity index (χ3v) is 5.12. The molecule has 0 radical (unpaired) electrons. The van der Waals surface area contributed by atoms with Crippen molar-refractivity contribution in [3.63, 3.8) is 0 Å². The minimum atomic E-state index is 0.656. The Balaban J connectivity index is 1.32. The fraction of sp³-hybridized carbons (Fsp3) is 0.368. The molecule has 1 aliphatic carbocycles. The predicted molar refractivity (Wildman–Crippen MR) is 98.0 cm³/mol.